The molecule has 0 bridgehead atoms. The molecule has 28 heavy (non-hydrogen) atoms. The number of rotatable bonds is 9. The normalized spacial score (nSPS) is 11.4. The predicted octanol–water partition coefficient (Wildman–Crippen LogP) is 3.30. The summed E-state index contributed by atoms with van der Waals surface area (Å²) in [4.78, 5) is 4.42. The fourth-order valence-electron chi connectivity index (χ4n) is 2.60. The molecule has 2 aromatic carbocycles. The van der Waals surface area contributed by atoms with Gasteiger partial charge in [0.1, 0.15) is 5.75 Å². The molecule has 0 fully saturated rings. The van der Waals surface area contributed by atoms with Gasteiger partial charge in [-0.05, 0) is 31.0 Å². The molecule has 0 radical (unpaired) electrons. The zero-order chi connectivity index (χ0) is 20.4. The van der Waals surface area contributed by atoms with Gasteiger partial charge in [-0.25, -0.2) is 4.99 Å². The Morgan fingerprint density at radius 3 is 2.50 bits per heavy atom. The first-order chi connectivity index (χ1) is 13.5. The Kier molecular flexibility index (Phi) is 8.33. The molecule has 0 aliphatic carbocycles. The maximum atomic E-state index is 12.5. The van der Waals surface area contributed by atoms with Crippen molar-refractivity contribution in [2.75, 3.05) is 20.2 Å². The average Bonchev–Trinajstić information content (AvgIpc) is 2.68. The number of methoxy groups -OCH3 is 1. The van der Waals surface area contributed by atoms with E-state index in [9.17, 15) is 13.9 Å². The zero-order valence-corrected chi connectivity index (χ0v) is 15.9. The number of ether oxygens (including phenoxy) is 2. The molecule has 0 spiro atoms. The number of nitrogens with zero attached hydrogens (tertiary/aromatic N) is 1. The van der Waals surface area contributed by atoms with Crippen LogP contribution >= 0.6 is 0 Å². The maximum absolute atomic E-state index is 12.5. The molecular weight excluding hydrogens is 368 g/mol. The number of guanidine groups is 1. The van der Waals surface area contributed by atoms with Gasteiger partial charge in [0.25, 0.3) is 0 Å². The standard InChI is InChI=1S/C20H25F2N3O3/c1-3-23-20(24-12-11-14-8-6-10-17(27-2)18(14)26)25-13-15-7-4-5-9-16(15)28-19(21)22/h4-10,19,26H,3,11-13H2,1-2H3,(H2,23,24,25). The number of phenolic OH excluding ortho intramolecular Hbond substituents is 1. The molecular formula is C20H25F2N3O3. The molecule has 6 nitrogen and oxygen atoms in total. The lowest BCUT2D eigenvalue weighted by atomic mass is 10.1. The van der Waals surface area contributed by atoms with Gasteiger partial charge in [-0.1, -0.05) is 30.3 Å². The maximum Gasteiger partial charge on any atom is 0.387 e. The van der Waals surface area contributed by atoms with Crippen LogP contribution < -0.4 is 20.1 Å². The van der Waals surface area contributed by atoms with Crippen molar-refractivity contribution in [2.45, 2.75) is 26.5 Å². The monoisotopic (exact) mass is 393 g/mol. The summed E-state index contributed by atoms with van der Waals surface area (Å²) in [6.07, 6.45) is 0.554. The van der Waals surface area contributed by atoms with Gasteiger partial charge in [0.15, 0.2) is 17.5 Å². The first-order valence-corrected chi connectivity index (χ1v) is 8.94. The van der Waals surface area contributed by atoms with Crippen molar-refractivity contribution in [3.05, 3.63) is 53.6 Å². The van der Waals surface area contributed by atoms with Crippen molar-refractivity contribution in [3.8, 4) is 17.2 Å². The van der Waals surface area contributed by atoms with E-state index in [-0.39, 0.29) is 18.0 Å². The quantitative estimate of drug-likeness (QED) is 0.450. The minimum Gasteiger partial charge on any atom is -0.504 e. The number of hydrogen-bond acceptors (Lipinski definition) is 4. The minimum atomic E-state index is -2.88. The van der Waals surface area contributed by atoms with Gasteiger partial charge in [0, 0.05) is 18.7 Å². The van der Waals surface area contributed by atoms with E-state index in [1.54, 1.807) is 24.3 Å². The third-order valence-corrected chi connectivity index (χ3v) is 3.93. The van der Waals surface area contributed by atoms with Crippen LogP contribution in [0.1, 0.15) is 18.1 Å². The summed E-state index contributed by atoms with van der Waals surface area (Å²) in [7, 11) is 1.50. The summed E-state index contributed by atoms with van der Waals surface area (Å²) >= 11 is 0. The van der Waals surface area contributed by atoms with Gasteiger partial charge in [0.2, 0.25) is 0 Å². The molecule has 2 rings (SSSR count). The fraction of sp³-hybridized carbons (Fsp3) is 0.350. The van der Waals surface area contributed by atoms with Crippen LogP contribution in [-0.4, -0.2) is 37.9 Å². The number of aromatic hydroxyl groups is 1. The highest BCUT2D eigenvalue weighted by Crippen LogP contribution is 2.29. The number of aliphatic imine (C=N–C) groups is 1. The molecule has 0 unspecified atom stereocenters. The van der Waals surface area contributed by atoms with Gasteiger partial charge in [-0.15, -0.1) is 0 Å². The number of phenols is 1. The highest BCUT2D eigenvalue weighted by Gasteiger charge is 2.10. The molecule has 0 amide bonds. The van der Waals surface area contributed by atoms with Gasteiger partial charge < -0.3 is 25.2 Å². The Morgan fingerprint density at radius 1 is 1.07 bits per heavy atom. The molecule has 152 valence electrons. The van der Waals surface area contributed by atoms with Crippen molar-refractivity contribution in [1.29, 1.82) is 0 Å². The summed E-state index contributed by atoms with van der Waals surface area (Å²) in [6.45, 7) is 0.390. The van der Waals surface area contributed by atoms with Crippen molar-refractivity contribution >= 4 is 5.96 Å². The molecule has 0 atom stereocenters. The van der Waals surface area contributed by atoms with Crippen LogP contribution in [0, 0.1) is 0 Å². The minimum absolute atomic E-state index is 0.110. The van der Waals surface area contributed by atoms with Gasteiger partial charge >= 0.3 is 6.61 Å². The van der Waals surface area contributed by atoms with Crippen LogP contribution in [0.4, 0.5) is 8.78 Å². The highest BCUT2D eigenvalue weighted by molar-refractivity contribution is 5.79. The Morgan fingerprint density at radius 2 is 1.79 bits per heavy atom. The second kappa shape index (κ2) is 11.0. The van der Waals surface area contributed by atoms with E-state index in [1.165, 1.54) is 13.2 Å². The number of para-hydroxylation sites is 2. The van der Waals surface area contributed by atoms with Crippen molar-refractivity contribution in [3.63, 3.8) is 0 Å². The summed E-state index contributed by atoms with van der Waals surface area (Å²) in [5.41, 5.74) is 1.31. The third kappa shape index (κ3) is 6.29. The third-order valence-electron chi connectivity index (χ3n) is 3.93. The van der Waals surface area contributed by atoms with Crippen LogP contribution in [0.15, 0.2) is 47.5 Å². The highest BCUT2D eigenvalue weighted by atomic mass is 19.3. The van der Waals surface area contributed by atoms with Crippen LogP contribution in [0.2, 0.25) is 0 Å². The largest absolute Gasteiger partial charge is 0.504 e. The lowest BCUT2D eigenvalue weighted by Gasteiger charge is -2.13. The summed E-state index contributed by atoms with van der Waals surface area (Å²) in [5.74, 6) is 1.19. The molecule has 0 heterocycles. The Labute approximate surface area is 163 Å². The molecule has 0 aliphatic heterocycles. The molecule has 3 N–H and O–H groups in total. The first-order valence-electron chi connectivity index (χ1n) is 8.94. The SMILES string of the molecule is CCNC(=NCc1ccccc1OC(F)F)NCCc1cccc(OC)c1O. The van der Waals surface area contributed by atoms with E-state index in [1.807, 2.05) is 19.1 Å². The fourth-order valence-corrected chi connectivity index (χ4v) is 2.60. The lowest BCUT2D eigenvalue weighted by Crippen LogP contribution is -2.38. The topological polar surface area (TPSA) is 75.1 Å². The molecule has 8 heteroatoms. The van der Waals surface area contributed by atoms with Crippen molar-refractivity contribution < 1.29 is 23.4 Å². The average molecular weight is 393 g/mol. The number of alkyl halides is 2. The number of benzene rings is 2. The van der Waals surface area contributed by atoms with Crippen molar-refractivity contribution in [2.24, 2.45) is 4.99 Å². The Balaban J connectivity index is 2.00. The smallest absolute Gasteiger partial charge is 0.387 e. The molecule has 0 saturated carbocycles. The van der Waals surface area contributed by atoms with Crippen LogP contribution in [0.25, 0.3) is 0 Å². The molecule has 0 aliphatic rings. The van der Waals surface area contributed by atoms with Crippen LogP contribution in [0.3, 0.4) is 0 Å². The number of halogens is 2. The Bertz CT molecular complexity index is 785. The first kappa shape index (κ1) is 21.3. The van der Waals surface area contributed by atoms with Gasteiger partial charge in [-0.2, -0.15) is 8.78 Å². The summed E-state index contributed by atoms with van der Waals surface area (Å²) in [5, 5.41) is 16.4. The lowest BCUT2D eigenvalue weighted by molar-refractivity contribution is -0.0504. The molecule has 0 aromatic heterocycles. The predicted molar refractivity (Wildman–Crippen MR) is 104 cm³/mol. The van der Waals surface area contributed by atoms with Crippen LogP contribution in [-0.2, 0) is 13.0 Å². The van der Waals surface area contributed by atoms with Crippen molar-refractivity contribution in [1.82, 2.24) is 10.6 Å². The summed E-state index contributed by atoms with van der Waals surface area (Å²) < 4.78 is 34.7. The number of hydrogen-bond donors (Lipinski definition) is 3. The van der Waals surface area contributed by atoms with E-state index in [0.717, 1.165) is 5.56 Å². The zero-order valence-electron chi connectivity index (χ0n) is 15.9. The summed E-state index contributed by atoms with van der Waals surface area (Å²) in [6, 6.07) is 11.9. The van der Waals surface area contributed by atoms with E-state index >= 15 is 0 Å². The molecule has 2 aromatic rings. The second-order valence-corrected chi connectivity index (χ2v) is 5.83. The van der Waals surface area contributed by atoms with Gasteiger partial charge in [-0.3, -0.25) is 0 Å². The van der Waals surface area contributed by atoms with Crippen LogP contribution in [0.5, 0.6) is 17.2 Å². The Hall–Kier alpha value is -3.03. The molecule has 0 saturated heterocycles. The number of nitrogens with one attached hydrogen (secondary N) is 2. The van der Waals surface area contributed by atoms with E-state index < -0.39 is 6.61 Å². The van der Waals surface area contributed by atoms with Gasteiger partial charge in [0.05, 0.1) is 13.7 Å². The van der Waals surface area contributed by atoms with E-state index in [4.69, 9.17) is 4.74 Å². The second-order valence-electron chi connectivity index (χ2n) is 5.83. The van der Waals surface area contributed by atoms with E-state index in [2.05, 4.69) is 20.4 Å². The van der Waals surface area contributed by atoms with E-state index in [0.29, 0.717) is 36.8 Å².